The molecule has 0 aliphatic rings. The molecule has 0 aliphatic heterocycles. The minimum absolute atomic E-state index is 0.569. The summed E-state index contributed by atoms with van der Waals surface area (Å²) in [7, 11) is 2.20. The smallest absolute Gasteiger partial charge is 0.0233 e. The van der Waals surface area contributed by atoms with Crippen molar-refractivity contribution in [2.45, 2.75) is 46.2 Å². The SMILES string of the molecule is CCCN(C)Cc1ccccc1CCNC(C)C. The van der Waals surface area contributed by atoms with Gasteiger partial charge >= 0.3 is 0 Å². The first-order valence-electron chi connectivity index (χ1n) is 7.12. The van der Waals surface area contributed by atoms with Crippen LogP contribution in [0, 0.1) is 0 Å². The van der Waals surface area contributed by atoms with Gasteiger partial charge in [-0.3, -0.25) is 0 Å². The molecule has 18 heavy (non-hydrogen) atoms. The molecule has 1 rings (SSSR count). The highest BCUT2D eigenvalue weighted by atomic mass is 15.1. The minimum atomic E-state index is 0.569. The predicted octanol–water partition coefficient (Wildman–Crippen LogP) is 3.07. The van der Waals surface area contributed by atoms with Gasteiger partial charge in [-0.1, -0.05) is 45.0 Å². The molecule has 0 bridgehead atoms. The highest BCUT2D eigenvalue weighted by Crippen LogP contribution is 2.11. The lowest BCUT2D eigenvalue weighted by atomic mass is 10.0. The lowest BCUT2D eigenvalue weighted by molar-refractivity contribution is 0.326. The van der Waals surface area contributed by atoms with E-state index in [0.29, 0.717) is 6.04 Å². The molecule has 0 heterocycles. The van der Waals surface area contributed by atoms with Crippen LogP contribution in [-0.4, -0.2) is 31.1 Å². The fourth-order valence-corrected chi connectivity index (χ4v) is 2.20. The summed E-state index contributed by atoms with van der Waals surface area (Å²) in [6.07, 6.45) is 2.34. The van der Waals surface area contributed by atoms with E-state index in [2.05, 4.69) is 62.3 Å². The summed E-state index contributed by atoms with van der Waals surface area (Å²) in [6.45, 7) is 9.91. The Morgan fingerprint density at radius 1 is 1.17 bits per heavy atom. The van der Waals surface area contributed by atoms with E-state index < -0.39 is 0 Å². The van der Waals surface area contributed by atoms with Gasteiger partial charge in [0.1, 0.15) is 0 Å². The van der Waals surface area contributed by atoms with Gasteiger partial charge in [-0.05, 0) is 44.1 Å². The van der Waals surface area contributed by atoms with E-state index in [4.69, 9.17) is 0 Å². The normalized spacial score (nSPS) is 11.4. The van der Waals surface area contributed by atoms with Crippen molar-refractivity contribution in [3.8, 4) is 0 Å². The fourth-order valence-electron chi connectivity index (χ4n) is 2.20. The summed E-state index contributed by atoms with van der Waals surface area (Å²) in [5.74, 6) is 0. The Balaban J connectivity index is 2.56. The Labute approximate surface area is 112 Å². The van der Waals surface area contributed by atoms with Gasteiger partial charge in [0, 0.05) is 12.6 Å². The zero-order valence-electron chi connectivity index (χ0n) is 12.4. The van der Waals surface area contributed by atoms with E-state index in [1.807, 2.05) is 0 Å². The van der Waals surface area contributed by atoms with Crippen LogP contribution in [0.1, 0.15) is 38.3 Å². The third-order valence-corrected chi connectivity index (χ3v) is 3.11. The molecule has 1 aromatic carbocycles. The summed E-state index contributed by atoms with van der Waals surface area (Å²) < 4.78 is 0. The first-order chi connectivity index (χ1) is 8.63. The van der Waals surface area contributed by atoms with Crippen LogP contribution in [0.25, 0.3) is 0 Å². The summed E-state index contributed by atoms with van der Waals surface area (Å²) in [6, 6.07) is 9.39. The number of benzene rings is 1. The highest BCUT2D eigenvalue weighted by Gasteiger charge is 2.05. The molecule has 0 aromatic heterocycles. The monoisotopic (exact) mass is 248 g/mol. The molecule has 1 aromatic rings. The number of hydrogen-bond donors (Lipinski definition) is 1. The van der Waals surface area contributed by atoms with Gasteiger partial charge in [0.05, 0.1) is 0 Å². The van der Waals surface area contributed by atoms with Crippen LogP contribution < -0.4 is 5.32 Å². The summed E-state index contributed by atoms with van der Waals surface area (Å²) in [4.78, 5) is 2.40. The Bertz CT molecular complexity index is 334. The third-order valence-electron chi connectivity index (χ3n) is 3.11. The van der Waals surface area contributed by atoms with Crippen LogP contribution in [-0.2, 0) is 13.0 Å². The summed E-state index contributed by atoms with van der Waals surface area (Å²) >= 11 is 0. The summed E-state index contributed by atoms with van der Waals surface area (Å²) in [5, 5.41) is 3.49. The van der Waals surface area contributed by atoms with Crippen LogP contribution >= 0.6 is 0 Å². The third kappa shape index (κ3) is 5.65. The second kappa shape index (κ2) is 8.28. The van der Waals surface area contributed by atoms with Crippen molar-refractivity contribution in [2.75, 3.05) is 20.1 Å². The molecule has 0 saturated heterocycles. The molecule has 0 aliphatic carbocycles. The van der Waals surface area contributed by atoms with Crippen molar-refractivity contribution in [2.24, 2.45) is 0 Å². The molecule has 1 N–H and O–H groups in total. The summed E-state index contributed by atoms with van der Waals surface area (Å²) in [5.41, 5.74) is 2.95. The van der Waals surface area contributed by atoms with Gasteiger partial charge < -0.3 is 10.2 Å². The van der Waals surface area contributed by atoms with Gasteiger partial charge in [0.15, 0.2) is 0 Å². The molecule has 2 nitrogen and oxygen atoms in total. The van der Waals surface area contributed by atoms with Crippen molar-refractivity contribution >= 4 is 0 Å². The van der Waals surface area contributed by atoms with Gasteiger partial charge in [0.25, 0.3) is 0 Å². The molecule has 0 unspecified atom stereocenters. The van der Waals surface area contributed by atoms with Gasteiger partial charge in [-0.2, -0.15) is 0 Å². The molecule has 0 amide bonds. The Hall–Kier alpha value is -0.860. The first kappa shape index (κ1) is 15.2. The first-order valence-corrected chi connectivity index (χ1v) is 7.12. The average Bonchev–Trinajstić information content (AvgIpc) is 2.31. The maximum Gasteiger partial charge on any atom is 0.0233 e. The second-order valence-electron chi connectivity index (χ2n) is 5.37. The van der Waals surface area contributed by atoms with Crippen LogP contribution in [0.4, 0.5) is 0 Å². The molecule has 2 heteroatoms. The molecule has 0 radical (unpaired) electrons. The van der Waals surface area contributed by atoms with E-state index in [9.17, 15) is 0 Å². The highest BCUT2D eigenvalue weighted by molar-refractivity contribution is 5.27. The zero-order chi connectivity index (χ0) is 13.4. The largest absolute Gasteiger partial charge is 0.314 e. The standard InChI is InChI=1S/C16H28N2/c1-5-12-18(4)13-16-9-7-6-8-15(16)10-11-17-14(2)3/h6-9,14,17H,5,10-13H2,1-4H3. The molecule has 102 valence electrons. The average molecular weight is 248 g/mol. The molecule has 0 atom stereocenters. The van der Waals surface area contributed by atoms with Crippen molar-refractivity contribution in [3.05, 3.63) is 35.4 Å². The van der Waals surface area contributed by atoms with Gasteiger partial charge in [-0.25, -0.2) is 0 Å². The van der Waals surface area contributed by atoms with Crippen molar-refractivity contribution in [1.82, 2.24) is 10.2 Å². The number of hydrogen-bond acceptors (Lipinski definition) is 2. The van der Waals surface area contributed by atoms with Gasteiger partial charge in [0.2, 0.25) is 0 Å². The van der Waals surface area contributed by atoms with E-state index >= 15 is 0 Å². The molecule has 0 fully saturated rings. The van der Waals surface area contributed by atoms with E-state index in [-0.39, 0.29) is 0 Å². The Kier molecular flexibility index (Phi) is 6.99. The van der Waals surface area contributed by atoms with E-state index in [1.54, 1.807) is 0 Å². The van der Waals surface area contributed by atoms with Crippen molar-refractivity contribution < 1.29 is 0 Å². The molecular formula is C16H28N2. The lowest BCUT2D eigenvalue weighted by Crippen LogP contribution is -2.25. The fraction of sp³-hybridized carbons (Fsp3) is 0.625. The van der Waals surface area contributed by atoms with Crippen molar-refractivity contribution in [3.63, 3.8) is 0 Å². The van der Waals surface area contributed by atoms with Crippen LogP contribution in [0.3, 0.4) is 0 Å². The van der Waals surface area contributed by atoms with Crippen molar-refractivity contribution in [1.29, 1.82) is 0 Å². The quantitative estimate of drug-likeness (QED) is 0.760. The van der Waals surface area contributed by atoms with Crippen LogP contribution in [0.5, 0.6) is 0 Å². The maximum atomic E-state index is 3.49. The topological polar surface area (TPSA) is 15.3 Å². The maximum absolute atomic E-state index is 3.49. The number of nitrogens with zero attached hydrogens (tertiary/aromatic N) is 1. The molecular weight excluding hydrogens is 220 g/mol. The second-order valence-corrected chi connectivity index (χ2v) is 5.37. The molecule has 0 spiro atoms. The van der Waals surface area contributed by atoms with E-state index in [1.165, 1.54) is 24.1 Å². The minimum Gasteiger partial charge on any atom is -0.314 e. The number of rotatable bonds is 8. The van der Waals surface area contributed by atoms with E-state index in [0.717, 1.165) is 19.5 Å². The van der Waals surface area contributed by atoms with Crippen LogP contribution in [0.2, 0.25) is 0 Å². The number of nitrogens with one attached hydrogen (secondary N) is 1. The Morgan fingerprint density at radius 3 is 2.44 bits per heavy atom. The Morgan fingerprint density at radius 2 is 1.83 bits per heavy atom. The lowest BCUT2D eigenvalue weighted by Gasteiger charge is -2.18. The predicted molar refractivity (Wildman–Crippen MR) is 79.9 cm³/mol. The van der Waals surface area contributed by atoms with Crippen LogP contribution in [0.15, 0.2) is 24.3 Å². The zero-order valence-corrected chi connectivity index (χ0v) is 12.4. The molecule has 0 saturated carbocycles. The van der Waals surface area contributed by atoms with Gasteiger partial charge in [-0.15, -0.1) is 0 Å².